The summed E-state index contributed by atoms with van der Waals surface area (Å²) >= 11 is 0. The molecule has 2 atom stereocenters. The summed E-state index contributed by atoms with van der Waals surface area (Å²) in [5, 5.41) is 12.7. The highest BCUT2D eigenvalue weighted by atomic mass is 19.1. The number of benzene rings is 2. The van der Waals surface area contributed by atoms with E-state index in [4.69, 9.17) is 0 Å². The number of amides is 1. The number of hydrogen-bond acceptors (Lipinski definition) is 2. The molecule has 22 heavy (non-hydrogen) atoms. The molecule has 0 saturated carbocycles. The first-order valence-electron chi connectivity index (χ1n) is 6.99. The molecule has 3 nitrogen and oxygen atoms in total. The van der Waals surface area contributed by atoms with E-state index in [-0.39, 0.29) is 11.1 Å². The van der Waals surface area contributed by atoms with E-state index in [0.717, 1.165) is 23.3 Å². The number of aliphatic hydroxyl groups is 1. The van der Waals surface area contributed by atoms with Crippen LogP contribution in [0.5, 0.6) is 0 Å². The summed E-state index contributed by atoms with van der Waals surface area (Å²) in [6, 6.07) is 8.59. The number of hydrogen-bond donors (Lipinski definition) is 2. The lowest BCUT2D eigenvalue weighted by Crippen LogP contribution is -2.34. The van der Waals surface area contributed by atoms with Gasteiger partial charge >= 0.3 is 0 Å². The van der Waals surface area contributed by atoms with Crippen LogP contribution in [0.15, 0.2) is 36.4 Å². The summed E-state index contributed by atoms with van der Waals surface area (Å²) in [5.74, 6) is -2.16. The van der Waals surface area contributed by atoms with Gasteiger partial charge in [-0.05, 0) is 35.7 Å². The lowest BCUT2D eigenvalue weighted by Gasteiger charge is -2.18. The van der Waals surface area contributed by atoms with Gasteiger partial charge in [0.25, 0.3) is 5.91 Å². The zero-order chi connectivity index (χ0) is 15.9. The van der Waals surface area contributed by atoms with Crippen molar-refractivity contribution in [1.82, 2.24) is 5.32 Å². The normalized spacial score (nSPS) is 19.8. The summed E-state index contributed by atoms with van der Waals surface area (Å²) < 4.78 is 27.4. The van der Waals surface area contributed by atoms with Crippen molar-refractivity contribution in [3.8, 4) is 0 Å². The molecule has 5 heteroatoms. The Hall–Kier alpha value is -2.27. The Morgan fingerprint density at radius 2 is 1.95 bits per heavy atom. The molecule has 0 aromatic heterocycles. The Kier molecular flexibility index (Phi) is 3.66. The van der Waals surface area contributed by atoms with Crippen molar-refractivity contribution in [3.05, 3.63) is 70.3 Å². The molecular formula is C17H15F2NO2. The molecule has 0 bridgehead atoms. The quantitative estimate of drug-likeness (QED) is 0.896. The molecule has 1 aliphatic rings. The van der Waals surface area contributed by atoms with Crippen molar-refractivity contribution in [2.24, 2.45) is 0 Å². The van der Waals surface area contributed by atoms with Gasteiger partial charge in [-0.3, -0.25) is 4.79 Å². The van der Waals surface area contributed by atoms with Crippen LogP contribution in [0.25, 0.3) is 0 Å². The molecule has 1 amide bonds. The van der Waals surface area contributed by atoms with E-state index in [2.05, 4.69) is 5.32 Å². The summed E-state index contributed by atoms with van der Waals surface area (Å²) in [6.07, 6.45) is -0.356. The van der Waals surface area contributed by atoms with Gasteiger partial charge < -0.3 is 10.4 Å². The van der Waals surface area contributed by atoms with Crippen LogP contribution < -0.4 is 5.32 Å². The molecule has 2 N–H and O–H groups in total. The van der Waals surface area contributed by atoms with E-state index in [1.165, 1.54) is 6.92 Å². The van der Waals surface area contributed by atoms with Crippen LogP contribution in [0, 0.1) is 18.6 Å². The second-order valence-corrected chi connectivity index (χ2v) is 5.50. The lowest BCUT2D eigenvalue weighted by atomic mass is 10.1. The van der Waals surface area contributed by atoms with Gasteiger partial charge in [-0.25, -0.2) is 8.78 Å². The standard InChI is InChI=1S/C17H15F2NO2/c1-9-6-14(19)12(8-13(9)18)17(22)20-16-11-5-3-2-4-10(11)7-15(16)21/h2-6,8,15-16,21H,7H2,1H3,(H,20,22). The maximum absolute atomic E-state index is 13.9. The fourth-order valence-electron chi connectivity index (χ4n) is 2.79. The van der Waals surface area contributed by atoms with Gasteiger partial charge in [-0.2, -0.15) is 0 Å². The Morgan fingerprint density at radius 1 is 1.23 bits per heavy atom. The summed E-state index contributed by atoms with van der Waals surface area (Å²) in [6.45, 7) is 1.43. The van der Waals surface area contributed by atoms with Crippen LogP contribution in [0.3, 0.4) is 0 Å². The van der Waals surface area contributed by atoms with Crippen molar-refractivity contribution in [2.75, 3.05) is 0 Å². The minimum Gasteiger partial charge on any atom is -0.390 e. The van der Waals surface area contributed by atoms with Gasteiger partial charge in [-0.15, -0.1) is 0 Å². The van der Waals surface area contributed by atoms with E-state index in [0.29, 0.717) is 6.42 Å². The maximum atomic E-state index is 13.9. The van der Waals surface area contributed by atoms with Crippen molar-refractivity contribution >= 4 is 5.91 Å². The zero-order valence-electron chi connectivity index (χ0n) is 11.9. The van der Waals surface area contributed by atoms with Gasteiger partial charge in [0.05, 0.1) is 17.7 Å². The fraction of sp³-hybridized carbons (Fsp3) is 0.235. The Morgan fingerprint density at radius 3 is 2.73 bits per heavy atom. The van der Waals surface area contributed by atoms with Gasteiger partial charge in [0.2, 0.25) is 0 Å². The third-order valence-electron chi connectivity index (χ3n) is 3.98. The molecule has 114 valence electrons. The molecule has 3 rings (SSSR count). The van der Waals surface area contributed by atoms with Gasteiger partial charge in [0.1, 0.15) is 11.6 Å². The third kappa shape index (κ3) is 2.48. The first kappa shape index (κ1) is 14.7. The van der Waals surface area contributed by atoms with Crippen molar-refractivity contribution in [3.63, 3.8) is 0 Å². The van der Waals surface area contributed by atoms with Crippen LogP contribution in [-0.4, -0.2) is 17.1 Å². The number of halogens is 2. The maximum Gasteiger partial charge on any atom is 0.254 e. The number of nitrogens with one attached hydrogen (secondary N) is 1. The number of fused-ring (bicyclic) bond motifs is 1. The number of rotatable bonds is 2. The molecule has 2 aromatic rings. The smallest absolute Gasteiger partial charge is 0.254 e. The minimum atomic E-state index is -0.780. The van der Waals surface area contributed by atoms with Gasteiger partial charge in [-0.1, -0.05) is 24.3 Å². The predicted octanol–water partition coefficient (Wildman–Crippen LogP) is 2.66. The Labute approximate surface area is 126 Å². The molecule has 2 aromatic carbocycles. The number of aryl methyl sites for hydroxylation is 1. The number of aliphatic hydroxyl groups excluding tert-OH is 1. The molecular weight excluding hydrogens is 288 g/mol. The van der Waals surface area contributed by atoms with E-state index < -0.39 is 29.7 Å². The van der Waals surface area contributed by atoms with Crippen molar-refractivity contribution < 1.29 is 18.7 Å². The van der Waals surface area contributed by atoms with Crippen LogP contribution in [-0.2, 0) is 6.42 Å². The van der Waals surface area contributed by atoms with E-state index in [1.54, 1.807) is 0 Å². The number of carbonyl (C=O) groups excluding carboxylic acids is 1. The third-order valence-corrected chi connectivity index (χ3v) is 3.98. The minimum absolute atomic E-state index is 0.139. The molecule has 0 radical (unpaired) electrons. The summed E-state index contributed by atoms with van der Waals surface area (Å²) in [5.41, 5.74) is 1.52. The average Bonchev–Trinajstić information content (AvgIpc) is 2.79. The summed E-state index contributed by atoms with van der Waals surface area (Å²) in [7, 11) is 0. The molecule has 0 saturated heterocycles. The van der Waals surface area contributed by atoms with Crippen molar-refractivity contribution in [1.29, 1.82) is 0 Å². The van der Waals surface area contributed by atoms with Crippen LogP contribution in [0.2, 0.25) is 0 Å². The van der Waals surface area contributed by atoms with Crippen LogP contribution in [0.4, 0.5) is 8.78 Å². The molecule has 0 aliphatic heterocycles. The highest BCUT2D eigenvalue weighted by molar-refractivity contribution is 5.95. The highest BCUT2D eigenvalue weighted by Crippen LogP contribution is 2.31. The number of carbonyl (C=O) groups is 1. The molecule has 0 spiro atoms. The summed E-state index contributed by atoms with van der Waals surface area (Å²) in [4.78, 5) is 12.2. The fourth-order valence-corrected chi connectivity index (χ4v) is 2.79. The second-order valence-electron chi connectivity index (χ2n) is 5.50. The van der Waals surface area contributed by atoms with Gasteiger partial charge in [0.15, 0.2) is 0 Å². The average molecular weight is 303 g/mol. The molecule has 0 fully saturated rings. The lowest BCUT2D eigenvalue weighted by molar-refractivity contribution is 0.0854. The monoisotopic (exact) mass is 303 g/mol. The van der Waals surface area contributed by atoms with E-state index in [1.807, 2.05) is 24.3 Å². The van der Waals surface area contributed by atoms with Gasteiger partial charge in [0, 0.05) is 6.42 Å². The predicted molar refractivity (Wildman–Crippen MR) is 77.5 cm³/mol. The van der Waals surface area contributed by atoms with E-state index in [9.17, 15) is 18.7 Å². The first-order valence-corrected chi connectivity index (χ1v) is 6.99. The SMILES string of the molecule is Cc1cc(F)c(C(=O)NC2c3ccccc3CC2O)cc1F. The molecule has 1 aliphatic carbocycles. The zero-order valence-corrected chi connectivity index (χ0v) is 11.9. The highest BCUT2D eigenvalue weighted by Gasteiger charge is 2.32. The van der Waals surface area contributed by atoms with E-state index >= 15 is 0 Å². The van der Waals surface area contributed by atoms with Crippen LogP contribution >= 0.6 is 0 Å². The van der Waals surface area contributed by atoms with Crippen LogP contribution in [0.1, 0.15) is 33.1 Å². The van der Waals surface area contributed by atoms with Crippen molar-refractivity contribution in [2.45, 2.75) is 25.5 Å². The Bertz CT molecular complexity index is 745. The molecule has 0 heterocycles. The second kappa shape index (κ2) is 5.50. The first-order chi connectivity index (χ1) is 10.5. The Balaban J connectivity index is 1.88. The largest absolute Gasteiger partial charge is 0.390 e. The molecule has 2 unspecified atom stereocenters. The topological polar surface area (TPSA) is 49.3 Å².